The van der Waals surface area contributed by atoms with Gasteiger partial charge in [0, 0.05) is 4.88 Å². The van der Waals surface area contributed by atoms with Gasteiger partial charge in [0.15, 0.2) is 0 Å². The number of carbonyl (C=O) groups excluding carboxylic acids is 1. The Bertz CT molecular complexity index is 569. The smallest absolute Gasteiger partial charge is 0.311 e. The molecule has 0 fully saturated rings. The van der Waals surface area contributed by atoms with Crippen molar-refractivity contribution < 1.29 is 9.53 Å². The summed E-state index contributed by atoms with van der Waals surface area (Å²) in [7, 11) is 0. The van der Waals surface area contributed by atoms with Crippen LogP contribution in [0.3, 0.4) is 0 Å². The van der Waals surface area contributed by atoms with E-state index in [0.717, 1.165) is 20.3 Å². The normalized spacial score (nSPS) is 10.5. The Morgan fingerprint density at radius 3 is 2.47 bits per heavy atom. The topological polar surface area (TPSA) is 26.3 Å². The van der Waals surface area contributed by atoms with E-state index >= 15 is 0 Å². The van der Waals surface area contributed by atoms with Crippen LogP contribution in [0, 0.1) is 13.8 Å². The van der Waals surface area contributed by atoms with Crippen molar-refractivity contribution >= 4 is 28.9 Å². The van der Waals surface area contributed by atoms with E-state index in [1.54, 1.807) is 0 Å². The zero-order chi connectivity index (χ0) is 13.8. The monoisotopic (exact) mass is 294 g/mol. The highest BCUT2D eigenvalue weighted by Gasteiger charge is 2.10. The second-order valence-electron chi connectivity index (χ2n) is 4.40. The molecular weight excluding hydrogens is 280 g/mol. The first kappa shape index (κ1) is 14.1. The number of ether oxygens (including phenoxy) is 1. The molecular formula is C15H15ClO2S. The van der Waals surface area contributed by atoms with Gasteiger partial charge in [-0.05, 0) is 43.5 Å². The molecule has 2 rings (SSSR count). The fourth-order valence-electron chi connectivity index (χ4n) is 1.84. The van der Waals surface area contributed by atoms with Crippen LogP contribution in [0.1, 0.15) is 22.4 Å². The molecule has 1 aromatic heterocycles. The van der Waals surface area contributed by atoms with Gasteiger partial charge in [-0.25, -0.2) is 0 Å². The molecule has 2 nitrogen and oxygen atoms in total. The summed E-state index contributed by atoms with van der Waals surface area (Å²) in [6.07, 6.45) is 1.03. The van der Waals surface area contributed by atoms with Crippen molar-refractivity contribution in [3.63, 3.8) is 0 Å². The third-order valence-corrected chi connectivity index (χ3v) is 4.12. The average Bonchev–Trinajstić information content (AvgIpc) is 2.77. The maximum Gasteiger partial charge on any atom is 0.311 e. The molecule has 0 aliphatic carbocycles. The van der Waals surface area contributed by atoms with Gasteiger partial charge in [0.25, 0.3) is 0 Å². The highest BCUT2D eigenvalue weighted by molar-refractivity contribution is 7.16. The Labute approximate surface area is 122 Å². The highest BCUT2D eigenvalue weighted by Crippen LogP contribution is 2.24. The molecule has 2 aromatic rings. The van der Waals surface area contributed by atoms with Gasteiger partial charge in [-0.3, -0.25) is 4.79 Å². The molecule has 0 amide bonds. The Balaban J connectivity index is 1.94. The summed E-state index contributed by atoms with van der Waals surface area (Å²) in [5, 5.41) is 0. The van der Waals surface area contributed by atoms with Gasteiger partial charge in [0.05, 0.1) is 10.8 Å². The van der Waals surface area contributed by atoms with Crippen LogP contribution >= 0.6 is 22.9 Å². The maximum atomic E-state index is 11.8. The summed E-state index contributed by atoms with van der Waals surface area (Å²) >= 11 is 7.35. The summed E-state index contributed by atoms with van der Waals surface area (Å²) in [5.74, 6) is 0.471. The predicted octanol–water partition coefficient (Wildman–Crippen LogP) is 4.56. The van der Waals surface area contributed by atoms with Crippen molar-refractivity contribution in [3.8, 4) is 5.75 Å². The molecule has 0 N–H and O–H groups in total. The van der Waals surface area contributed by atoms with E-state index < -0.39 is 0 Å². The Morgan fingerprint density at radius 1 is 1.21 bits per heavy atom. The number of thiophene rings is 1. The van der Waals surface area contributed by atoms with E-state index in [9.17, 15) is 4.79 Å². The highest BCUT2D eigenvalue weighted by atomic mass is 35.5. The third-order valence-electron chi connectivity index (χ3n) is 2.83. The standard InChI is InChI=1S/C15H15ClO2S/c1-10-4-3-5-11(2)15(10)18-14(17)9-7-12-6-8-13(16)19-12/h3-6,8H,7,9H2,1-2H3. The molecule has 0 unspecified atom stereocenters. The number of hydrogen-bond donors (Lipinski definition) is 0. The van der Waals surface area contributed by atoms with E-state index in [-0.39, 0.29) is 5.97 Å². The van der Waals surface area contributed by atoms with Gasteiger partial charge < -0.3 is 4.74 Å². The first-order valence-corrected chi connectivity index (χ1v) is 7.27. The molecule has 1 heterocycles. The predicted molar refractivity (Wildman–Crippen MR) is 79.2 cm³/mol. The maximum absolute atomic E-state index is 11.8. The lowest BCUT2D eigenvalue weighted by atomic mass is 10.1. The Hall–Kier alpha value is -1.32. The van der Waals surface area contributed by atoms with Crippen LogP contribution < -0.4 is 4.74 Å². The third kappa shape index (κ3) is 3.82. The van der Waals surface area contributed by atoms with Crippen molar-refractivity contribution in [1.29, 1.82) is 0 Å². The van der Waals surface area contributed by atoms with Gasteiger partial charge in [0.1, 0.15) is 5.75 Å². The molecule has 19 heavy (non-hydrogen) atoms. The molecule has 1 aromatic carbocycles. The van der Waals surface area contributed by atoms with Crippen LogP contribution in [0.25, 0.3) is 0 Å². The molecule has 0 atom stereocenters. The van der Waals surface area contributed by atoms with Crippen LogP contribution in [-0.4, -0.2) is 5.97 Å². The molecule has 0 aliphatic rings. The number of benzene rings is 1. The average molecular weight is 295 g/mol. The van der Waals surface area contributed by atoms with E-state index in [0.29, 0.717) is 18.6 Å². The fourth-order valence-corrected chi connectivity index (χ4v) is 2.92. The minimum Gasteiger partial charge on any atom is -0.426 e. The van der Waals surface area contributed by atoms with E-state index in [1.165, 1.54) is 11.3 Å². The van der Waals surface area contributed by atoms with Crippen molar-refractivity contribution in [2.75, 3.05) is 0 Å². The van der Waals surface area contributed by atoms with E-state index in [4.69, 9.17) is 16.3 Å². The van der Waals surface area contributed by atoms with Gasteiger partial charge in [-0.15, -0.1) is 11.3 Å². The number of para-hydroxylation sites is 1. The number of aryl methyl sites for hydroxylation is 3. The Morgan fingerprint density at radius 2 is 1.89 bits per heavy atom. The molecule has 4 heteroatoms. The Kier molecular flexibility index (Phi) is 4.61. The molecule has 0 spiro atoms. The molecule has 0 aliphatic heterocycles. The van der Waals surface area contributed by atoms with Crippen molar-refractivity contribution in [2.24, 2.45) is 0 Å². The zero-order valence-electron chi connectivity index (χ0n) is 10.9. The second-order valence-corrected chi connectivity index (χ2v) is 6.20. The fraction of sp³-hybridized carbons (Fsp3) is 0.267. The molecule has 0 saturated heterocycles. The first-order valence-electron chi connectivity index (χ1n) is 6.07. The lowest BCUT2D eigenvalue weighted by Gasteiger charge is -2.09. The quantitative estimate of drug-likeness (QED) is 0.610. The van der Waals surface area contributed by atoms with Crippen LogP contribution in [0.4, 0.5) is 0 Å². The van der Waals surface area contributed by atoms with E-state index in [1.807, 2.05) is 44.2 Å². The molecule has 0 saturated carbocycles. The minimum absolute atomic E-state index is 0.207. The van der Waals surface area contributed by atoms with Crippen LogP contribution in [0.5, 0.6) is 5.75 Å². The van der Waals surface area contributed by atoms with Crippen LogP contribution in [0.2, 0.25) is 4.34 Å². The SMILES string of the molecule is Cc1cccc(C)c1OC(=O)CCc1ccc(Cl)s1. The number of halogens is 1. The van der Waals surface area contributed by atoms with Crippen LogP contribution in [-0.2, 0) is 11.2 Å². The largest absolute Gasteiger partial charge is 0.426 e. The summed E-state index contributed by atoms with van der Waals surface area (Å²) in [5.41, 5.74) is 1.96. The lowest BCUT2D eigenvalue weighted by molar-refractivity contribution is -0.134. The van der Waals surface area contributed by atoms with Gasteiger partial charge in [0.2, 0.25) is 0 Å². The van der Waals surface area contributed by atoms with E-state index in [2.05, 4.69) is 0 Å². The van der Waals surface area contributed by atoms with Crippen molar-refractivity contribution in [1.82, 2.24) is 0 Å². The molecule has 0 radical (unpaired) electrons. The summed E-state index contributed by atoms with van der Waals surface area (Å²) in [4.78, 5) is 12.9. The second kappa shape index (κ2) is 6.22. The zero-order valence-corrected chi connectivity index (χ0v) is 12.5. The van der Waals surface area contributed by atoms with Crippen LogP contribution in [0.15, 0.2) is 30.3 Å². The molecule has 100 valence electrons. The summed E-state index contributed by atoms with van der Waals surface area (Å²) < 4.78 is 6.19. The van der Waals surface area contributed by atoms with Gasteiger partial charge in [-0.2, -0.15) is 0 Å². The number of rotatable bonds is 4. The minimum atomic E-state index is -0.207. The van der Waals surface area contributed by atoms with Gasteiger partial charge in [-0.1, -0.05) is 29.8 Å². The van der Waals surface area contributed by atoms with Crippen molar-refractivity contribution in [3.05, 3.63) is 50.7 Å². The van der Waals surface area contributed by atoms with Crippen molar-refractivity contribution in [2.45, 2.75) is 26.7 Å². The number of esters is 1. The molecule has 0 bridgehead atoms. The number of carbonyl (C=O) groups is 1. The van der Waals surface area contributed by atoms with Gasteiger partial charge >= 0.3 is 5.97 Å². The first-order chi connectivity index (χ1) is 9.06. The summed E-state index contributed by atoms with van der Waals surface area (Å²) in [6.45, 7) is 3.88. The number of hydrogen-bond acceptors (Lipinski definition) is 3. The lowest BCUT2D eigenvalue weighted by Crippen LogP contribution is -2.10. The summed E-state index contributed by atoms with van der Waals surface area (Å²) in [6, 6.07) is 9.62.